The first-order valence-corrected chi connectivity index (χ1v) is 6.99. The lowest BCUT2D eigenvalue weighted by Crippen LogP contribution is -2.30. The second-order valence-electron chi connectivity index (χ2n) is 3.58. The lowest BCUT2D eigenvalue weighted by Gasteiger charge is -2.10. The zero-order chi connectivity index (χ0) is 10.4. The van der Waals surface area contributed by atoms with E-state index >= 15 is 0 Å². The first-order valence-electron chi connectivity index (χ1n) is 5.17. The van der Waals surface area contributed by atoms with Crippen LogP contribution in [0.3, 0.4) is 0 Å². The van der Waals surface area contributed by atoms with E-state index in [9.17, 15) is 8.42 Å². The minimum atomic E-state index is -2.82. The number of nitrogens with one attached hydrogen (secondary N) is 1. The minimum absolute atomic E-state index is 0.231. The Kier molecular flexibility index (Phi) is 4.84. The van der Waals surface area contributed by atoms with E-state index in [1.54, 1.807) is 6.92 Å². The average Bonchev–Trinajstić information content (AvgIpc) is 2.65. The van der Waals surface area contributed by atoms with Crippen molar-refractivity contribution in [1.29, 1.82) is 0 Å². The maximum absolute atomic E-state index is 11.1. The van der Waals surface area contributed by atoms with E-state index in [2.05, 4.69) is 5.32 Å². The second kappa shape index (κ2) is 5.68. The normalized spacial score (nSPS) is 22.8. The highest BCUT2D eigenvalue weighted by Gasteiger charge is 2.14. The Morgan fingerprint density at radius 3 is 2.86 bits per heavy atom. The van der Waals surface area contributed by atoms with Crippen molar-refractivity contribution in [2.24, 2.45) is 0 Å². The van der Waals surface area contributed by atoms with Gasteiger partial charge >= 0.3 is 0 Å². The summed E-state index contributed by atoms with van der Waals surface area (Å²) in [5.41, 5.74) is 0. The molecule has 1 aliphatic rings. The van der Waals surface area contributed by atoms with Crippen molar-refractivity contribution in [2.75, 3.05) is 31.2 Å². The summed E-state index contributed by atoms with van der Waals surface area (Å²) in [6, 6.07) is 0. The molecule has 0 aliphatic carbocycles. The summed E-state index contributed by atoms with van der Waals surface area (Å²) in [5, 5.41) is 3.11. The molecule has 4 nitrogen and oxygen atoms in total. The summed E-state index contributed by atoms with van der Waals surface area (Å²) in [6.07, 6.45) is 2.51. The van der Waals surface area contributed by atoms with E-state index < -0.39 is 9.84 Å². The predicted molar refractivity (Wildman–Crippen MR) is 56.2 cm³/mol. The quantitative estimate of drug-likeness (QED) is 0.651. The molecule has 0 aromatic carbocycles. The summed E-state index contributed by atoms with van der Waals surface area (Å²) >= 11 is 0. The molecule has 1 aliphatic heterocycles. The third-order valence-corrected chi connectivity index (χ3v) is 4.13. The van der Waals surface area contributed by atoms with Gasteiger partial charge in [0.05, 0.1) is 11.9 Å². The number of ether oxygens (including phenoxy) is 1. The van der Waals surface area contributed by atoms with Gasteiger partial charge in [0.25, 0.3) is 0 Å². The van der Waals surface area contributed by atoms with Gasteiger partial charge in [0.15, 0.2) is 9.84 Å². The van der Waals surface area contributed by atoms with Crippen molar-refractivity contribution in [1.82, 2.24) is 5.32 Å². The van der Waals surface area contributed by atoms with Crippen LogP contribution in [0.25, 0.3) is 0 Å². The summed E-state index contributed by atoms with van der Waals surface area (Å²) in [7, 11) is -2.82. The van der Waals surface area contributed by atoms with E-state index in [4.69, 9.17) is 4.74 Å². The van der Waals surface area contributed by atoms with Crippen LogP contribution in [0.4, 0.5) is 0 Å². The Labute approximate surface area is 85.9 Å². The van der Waals surface area contributed by atoms with Crippen LogP contribution in [0.2, 0.25) is 0 Å². The Morgan fingerprint density at radius 1 is 1.50 bits per heavy atom. The largest absolute Gasteiger partial charge is 0.377 e. The molecule has 5 heteroatoms. The first-order chi connectivity index (χ1) is 6.64. The molecule has 1 rings (SSSR count). The molecule has 0 spiro atoms. The third-order valence-electron chi connectivity index (χ3n) is 2.43. The molecule has 84 valence electrons. The Hall–Kier alpha value is -0.130. The van der Waals surface area contributed by atoms with Crippen LogP contribution in [0, 0.1) is 0 Å². The van der Waals surface area contributed by atoms with Gasteiger partial charge in [-0.15, -0.1) is 0 Å². The molecule has 0 bridgehead atoms. The molecule has 0 aromatic rings. The molecule has 14 heavy (non-hydrogen) atoms. The van der Waals surface area contributed by atoms with E-state index in [1.165, 1.54) is 0 Å². The molecule has 1 unspecified atom stereocenters. The van der Waals surface area contributed by atoms with Gasteiger partial charge in [0.1, 0.15) is 0 Å². The standard InChI is InChI=1S/C9H19NO3S/c1-2-14(11,12)7-5-10-8-9-4-3-6-13-9/h9-10H,2-8H2,1H3. The summed E-state index contributed by atoms with van der Waals surface area (Å²) in [5.74, 6) is 0.463. The van der Waals surface area contributed by atoms with Crippen molar-refractivity contribution < 1.29 is 13.2 Å². The Bertz CT molecular complexity index is 245. The fourth-order valence-corrected chi connectivity index (χ4v) is 2.18. The highest BCUT2D eigenvalue weighted by molar-refractivity contribution is 7.91. The first kappa shape index (κ1) is 11.9. The Morgan fingerprint density at radius 2 is 2.29 bits per heavy atom. The van der Waals surface area contributed by atoms with Gasteiger partial charge in [-0.2, -0.15) is 0 Å². The molecule has 0 amide bonds. The number of rotatable bonds is 6. The summed E-state index contributed by atoms with van der Waals surface area (Å²) in [6.45, 7) is 3.84. The van der Waals surface area contributed by atoms with Gasteiger partial charge in [-0.3, -0.25) is 0 Å². The number of hydrogen-bond donors (Lipinski definition) is 1. The maximum atomic E-state index is 11.1. The lowest BCUT2D eigenvalue weighted by molar-refractivity contribution is 0.110. The van der Waals surface area contributed by atoms with Gasteiger partial charge in [0.2, 0.25) is 0 Å². The number of hydrogen-bond acceptors (Lipinski definition) is 4. The predicted octanol–water partition coefficient (Wildman–Crippen LogP) is 0.190. The van der Waals surface area contributed by atoms with Crippen molar-refractivity contribution in [2.45, 2.75) is 25.9 Å². The summed E-state index contributed by atoms with van der Waals surface area (Å²) < 4.78 is 27.6. The Balaban J connectivity index is 2.04. The fraction of sp³-hybridized carbons (Fsp3) is 1.00. The van der Waals surface area contributed by atoms with E-state index in [1.807, 2.05) is 0 Å². The fourth-order valence-electron chi connectivity index (χ4n) is 1.44. The van der Waals surface area contributed by atoms with Gasteiger partial charge in [-0.25, -0.2) is 8.42 Å². The van der Waals surface area contributed by atoms with Crippen LogP contribution in [0.1, 0.15) is 19.8 Å². The second-order valence-corrected chi connectivity index (χ2v) is 6.05. The minimum Gasteiger partial charge on any atom is -0.377 e. The molecule has 0 saturated carbocycles. The van der Waals surface area contributed by atoms with E-state index in [0.717, 1.165) is 26.0 Å². The van der Waals surface area contributed by atoms with Crippen LogP contribution in [0.15, 0.2) is 0 Å². The van der Waals surface area contributed by atoms with Crippen LogP contribution < -0.4 is 5.32 Å². The molecule has 1 atom stereocenters. The smallest absolute Gasteiger partial charge is 0.151 e. The van der Waals surface area contributed by atoms with Crippen LogP contribution in [-0.4, -0.2) is 45.7 Å². The van der Waals surface area contributed by atoms with Crippen LogP contribution in [-0.2, 0) is 14.6 Å². The molecule has 1 N–H and O–H groups in total. The molecule has 0 aromatic heterocycles. The summed E-state index contributed by atoms with van der Waals surface area (Å²) in [4.78, 5) is 0. The molecule has 1 fully saturated rings. The zero-order valence-electron chi connectivity index (χ0n) is 8.66. The van der Waals surface area contributed by atoms with Crippen LogP contribution >= 0.6 is 0 Å². The van der Waals surface area contributed by atoms with Gasteiger partial charge < -0.3 is 10.1 Å². The van der Waals surface area contributed by atoms with Crippen molar-refractivity contribution in [3.63, 3.8) is 0 Å². The van der Waals surface area contributed by atoms with Gasteiger partial charge in [-0.1, -0.05) is 6.92 Å². The monoisotopic (exact) mass is 221 g/mol. The number of sulfone groups is 1. The molecule has 1 saturated heterocycles. The molecular formula is C9H19NO3S. The maximum Gasteiger partial charge on any atom is 0.151 e. The molecular weight excluding hydrogens is 202 g/mol. The van der Waals surface area contributed by atoms with E-state index in [-0.39, 0.29) is 11.5 Å². The van der Waals surface area contributed by atoms with Crippen molar-refractivity contribution >= 4 is 9.84 Å². The van der Waals surface area contributed by atoms with Crippen LogP contribution in [0.5, 0.6) is 0 Å². The zero-order valence-corrected chi connectivity index (χ0v) is 9.48. The third kappa shape index (κ3) is 4.39. The van der Waals surface area contributed by atoms with Crippen molar-refractivity contribution in [3.05, 3.63) is 0 Å². The SMILES string of the molecule is CCS(=O)(=O)CCNCC1CCCO1. The van der Waals surface area contributed by atoms with Gasteiger partial charge in [-0.05, 0) is 12.8 Å². The van der Waals surface area contributed by atoms with Crippen molar-refractivity contribution in [3.8, 4) is 0 Å². The highest BCUT2D eigenvalue weighted by Crippen LogP contribution is 2.10. The molecule has 0 radical (unpaired) electrons. The van der Waals surface area contributed by atoms with Gasteiger partial charge in [0, 0.05) is 25.4 Å². The topological polar surface area (TPSA) is 55.4 Å². The molecule has 1 heterocycles. The lowest BCUT2D eigenvalue weighted by atomic mass is 10.2. The average molecular weight is 221 g/mol. The van der Waals surface area contributed by atoms with E-state index in [0.29, 0.717) is 12.6 Å². The highest BCUT2D eigenvalue weighted by atomic mass is 32.2.